The number of carbonyl (C=O) groups is 1. The Morgan fingerprint density at radius 1 is 1.33 bits per heavy atom. The fourth-order valence-corrected chi connectivity index (χ4v) is 2.08. The van der Waals surface area contributed by atoms with Gasteiger partial charge >= 0.3 is 0 Å². The van der Waals surface area contributed by atoms with Crippen molar-refractivity contribution in [3.8, 4) is 0 Å². The fraction of sp³-hybridized carbons (Fsp3) is 0.333. The Kier molecular flexibility index (Phi) is 4.05. The SMILES string of the molecule is CCOC(CC)C(=O)c1cccc2ccncc12. The Morgan fingerprint density at radius 3 is 2.89 bits per heavy atom. The fourth-order valence-electron chi connectivity index (χ4n) is 2.08. The second-order valence-electron chi connectivity index (χ2n) is 4.12. The summed E-state index contributed by atoms with van der Waals surface area (Å²) >= 11 is 0. The third-order valence-corrected chi connectivity index (χ3v) is 2.98. The van der Waals surface area contributed by atoms with Crippen molar-refractivity contribution in [1.29, 1.82) is 0 Å². The summed E-state index contributed by atoms with van der Waals surface area (Å²) in [5.74, 6) is 0.0398. The van der Waals surface area contributed by atoms with Gasteiger partial charge in [0.2, 0.25) is 0 Å². The first kappa shape index (κ1) is 12.7. The Morgan fingerprint density at radius 2 is 2.17 bits per heavy atom. The van der Waals surface area contributed by atoms with E-state index in [4.69, 9.17) is 4.74 Å². The van der Waals surface area contributed by atoms with Crippen molar-refractivity contribution < 1.29 is 9.53 Å². The summed E-state index contributed by atoms with van der Waals surface area (Å²) < 4.78 is 5.49. The minimum atomic E-state index is -0.360. The highest BCUT2D eigenvalue weighted by Crippen LogP contribution is 2.20. The number of Topliss-reactive ketones (excluding diaryl/α,β-unsaturated/α-hetero) is 1. The molecule has 0 amide bonds. The van der Waals surface area contributed by atoms with Crippen LogP contribution in [0.3, 0.4) is 0 Å². The average molecular weight is 243 g/mol. The normalized spacial score (nSPS) is 12.6. The number of ketones is 1. The van der Waals surface area contributed by atoms with Crippen LogP contribution in [0.1, 0.15) is 30.6 Å². The van der Waals surface area contributed by atoms with Gasteiger partial charge in [-0.15, -0.1) is 0 Å². The predicted molar refractivity (Wildman–Crippen MR) is 71.8 cm³/mol. The van der Waals surface area contributed by atoms with Gasteiger partial charge in [0.1, 0.15) is 6.10 Å². The molecule has 3 heteroatoms. The molecular formula is C15H17NO2. The molecule has 0 radical (unpaired) electrons. The van der Waals surface area contributed by atoms with Crippen LogP contribution in [0.4, 0.5) is 0 Å². The molecule has 1 heterocycles. The second-order valence-corrected chi connectivity index (χ2v) is 4.12. The predicted octanol–water partition coefficient (Wildman–Crippen LogP) is 3.23. The molecule has 0 saturated carbocycles. The third kappa shape index (κ3) is 2.41. The number of benzene rings is 1. The highest BCUT2D eigenvalue weighted by atomic mass is 16.5. The summed E-state index contributed by atoms with van der Waals surface area (Å²) in [6.07, 6.45) is 3.79. The van der Waals surface area contributed by atoms with Crippen LogP contribution >= 0.6 is 0 Å². The number of carbonyl (C=O) groups excluding carboxylic acids is 1. The van der Waals surface area contributed by atoms with Gasteiger partial charge in [0.15, 0.2) is 5.78 Å². The van der Waals surface area contributed by atoms with Gasteiger partial charge in [-0.25, -0.2) is 0 Å². The van der Waals surface area contributed by atoms with Gasteiger partial charge in [-0.2, -0.15) is 0 Å². The van der Waals surface area contributed by atoms with Crippen molar-refractivity contribution in [2.24, 2.45) is 0 Å². The maximum Gasteiger partial charge on any atom is 0.192 e. The Labute approximate surface area is 107 Å². The van der Waals surface area contributed by atoms with Crippen LogP contribution in [0.2, 0.25) is 0 Å². The van der Waals surface area contributed by atoms with Crippen molar-refractivity contribution in [1.82, 2.24) is 4.98 Å². The molecule has 0 aliphatic rings. The van der Waals surface area contributed by atoms with Gasteiger partial charge in [-0.3, -0.25) is 9.78 Å². The van der Waals surface area contributed by atoms with Gasteiger partial charge in [0.25, 0.3) is 0 Å². The van der Waals surface area contributed by atoms with Gasteiger partial charge in [-0.05, 0) is 24.8 Å². The molecule has 0 aliphatic heterocycles. The molecule has 0 spiro atoms. The summed E-state index contributed by atoms with van der Waals surface area (Å²) in [7, 11) is 0. The number of nitrogens with zero attached hydrogens (tertiary/aromatic N) is 1. The number of aromatic nitrogens is 1. The van der Waals surface area contributed by atoms with Crippen molar-refractivity contribution in [2.75, 3.05) is 6.61 Å². The first-order chi connectivity index (χ1) is 8.77. The standard InChI is InChI=1S/C15H17NO2/c1-3-14(18-4-2)15(17)12-7-5-6-11-8-9-16-10-13(11)12/h5-10,14H,3-4H2,1-2H3. The molecule has 94 valence electrons. The number of ether oxygens (including phenoxy) is 1. The minimum Gasteiger partial charge on any atom is -0.370 e. The van der Waals surface area contributed by atoms with E-state index in [9.17, 15) is 4.79 Å². The molecular weight excluding hydrogens is 226 g/mol. The molecule has 1 aromatic carbocycles. The van der Waals surface area contributed by atoms with Crippen molar-refractivity contribution in [2.45, 2.75) is 26.4 Å². The van der Waals surface area contributed by atoms with Crippen molar-refractivity contribution >= 4 is 16.6 Å². The third-order valence-electron chi connectivity index (χ3n) is 2.98. The molecule has 0 saturated heterocycles. The molecule has 1 atom stereocenters. The minimum absolute atomic E-state index is 0.0398. The van der Waals surface area contributed by atoms with E-state index in [1.165, 1.54) is 0 Å². The smallest absolute Gasteiger partial charge is 0.192 e. The number of fused-ring (bicyclic) bond motifs is 1. The lowest BCUT2D eigenvalue weighted by molar-refractivity contribution is 0.0445. The summed E-state index contributed by atoms with van der Waals surface area (Å²) in [5, 5.41) is 1.92. The van der Waals surface area contributed by atoms with E-state index in [2.05, 4.69) is 4.98 Å². The van der Waals surface area contributed by atoms with Gasteiger partial charge in [0, 0.05) is 30.0 Å². The largest absolute Gasteiger partial charge is 0.370 e. The van der Waals surface area contributed by atoms with E-state index < -0.39 is 0 Å². The number of rotatable bonds is 5. The Hall–Kier alpha value is -1.74. The molecule has 0 N–H and O–H groups in total. The summed E-state index contributed by atoms with van der Waals surface area (Å²) in [6, 6.07) is 7.63. The number of pyridine rings is 1. The molecule has 0 bridgehead atoms. The van der Waals surface area contributed by atoms with Crippen LogP contribution in [0.25, 0.3) is 10.8 Å². The molecule has 1 unspecified atom stereocenters. The van der Waals surface area contributed by atoms with E-state index in [0.29, 0.717) is 18.6 Å². The highest BCUT2D eigenvalue weighted by Gasteiger charge is 2.20. The van der Waals surface area contributed by atoms with Gasteiger partial charge in [0.05, 0.1) is 0 Å². The Bertz CT molecular complexity index is 546. The number of hydrogen-bond acceptors (Lipinski definition) is 3. The van der Waals surface area contributed by atoms with E-state index in [1.54, 1.807) is 12.4 Å². The maximum atomic E-state index is 12.4. The molecule has 3 nitrogen and oxygen atoms in total. The van der Waals surface area contributed by atoms with Gasteiger partial charge in [-0.1, -0.05) is 25.1 Å². The first-order valence-corrected chi connectivity index (χ1v) is 6.26. The lowest BCUT2D eigenvalue weighted by atomic mass is 9.99. The first-order valence-electron chi connectivity index (χ1n) is 6.26. The quantitative estimate of drug-likeness (QED) is 0.757. The molecule has 0 aliphatic carbocycles. The second kappa shape index (κ2) is 5.74. The van der Waals surface area contributed by atoms with Crippen LogP contribution in [-0.2, 0) is 4.74 Å². The number of hydrogen-bond donors (Lipinski definition) is 0. The van der Waals surface area contributed by atoms with Crippen LogP contribution in [-0.4, -0.2) is 23.5 Å². The maximum absolute atomic E-state index is 12.4. The lowest BCUT2D eigenvalue weighted by Gasteiger charge is -2.14. The van der Waals surface area contributed by atoms with Crippen LogP contribution in [0.15, 0.2) is 36.7 Å². The average Bonchev–Trinajstić information content (AvgIpc) is 2.43. The molecule has 18 heavy (non-hydrogen) atoms. The topological polar surface area (TPSA) is 39.2 Å². The van der Waals surface area contributed by atoms with Crippen LogP contribution < -0.4 is 0 Å². The molecule has 0 fully saturated rings. The van der Waals surface area contributed by atoms with E-state index in [1.807, 2.05) is 38.1 Å². The van der Waals surface area contributed by atoms with Crippen molar-refractivity contribution in [3.63, 3.8) is 0 Å². The van der Waals surface area contributed by atoms with E-state index in [0.717, 1.165) is 10.8 Å². The summed E-state index contributed by atoms with van der Waals surface area (Å²) in [4.78, 5) is 16.5. The van der Waals surface area contributed by atoms with Crippen LogP contribution in [0.5, 0.6) is 0 Å². The summed E-state index contributed by atoms with van der Waals surface area (Å²) in [6.45, 7) is 4.41. The Balaban J connectivity index is 2.44. The molecule has 1 aromatic heterocycles. The zero-order valence-electron chi connectivity index (χ0n) is 10.7. The van der Waals surface area contributed by atoms with Crippen molar-refractivity contribution in [3.05, 3.63) is 42.2 Å². The van der Waals surface area contributed by atoms with E-state index >= 15 is 0 Å². The molecule has 2 rings (SSSR count). The zero-order valence-corrected chi connectivity index (χ0v) is 10.7. The zero-order chi connectivity index (χ0) is 13.0. The highest BCUT2D eigenvalue weighted by molar-refractivity contribution is 6.09. The van der Waals surface area contributed by atoms with Crippen LogP contribution in [0, 0.1) is 0 Å². The molecule has 2 aromatic rings. The summed E-state index contributed by atoms with van der Waals surface area (Å²) in [5.41, 5.74) is 0.695. The van der Waals surface area contributed by atoms with Gasteiger partial charge < -0.3 is 4.74 Å². The lowest BCUT2D eigenvalue weighted by Crippen LogP contribution is -2.23. The monoisotopic (exact) mass is 243 g/mol. The van der Waals surface area contributed by atoms with E-state index in [-0.39, 0.29) is 11.9 Å².